The minimum atomic E-state index is 0.197. The summed E-state index contributed by atoms with van der Waals surface area (Å²) in [5.74, 6) is 0. The Bertz CT molecular complexity index is 375. The van der Waals surface area contributed by atoms with Crippen LogP contribution in [0, 0.1) is 0 Å². The molecule has 0 radical (unpaired) electrons. The smallest absolute Gasteiger partial charge is 0.266 e. The van der Waals surface area contributed by atoms with Gasteiger partial charge in [0.2, 0.25) is 0 Å². The third kappa shape index (κ3) is 2.16. The largest absolute Gasteiger partial charge is 0.287 e. The SMILES string of the molecule is CCCCc1cc(=O)n2n1CCCCC2. The Kier molecular flexibility index (Phi) is 3.29. The van der Waals surface area contributed by atoms with Crippen LogP contribution in [0.3, 0.4) is 0 Å². The number of hydrogen-bond donors (Lipinski definition) is 0. The Morgan fingerprint density at radius 1 is 1.20 bits per heavy atom. The van der Waals surface area contributed by atoms with Crippen LogP contribution in [0.15, 0.2) is 10.9 Å². The second-order valence-electron chi connectivity index (χ2n) is 4.38. The first kappa shape index (κ1) is 10.5. The number of fused-ring (bicyclic) bond motifs is 1. The van der Waals surface area contributed by atoms with Crippen molar-refractivity contribution in [2.45, 2.75) is 58.5 Å². The minimum absolute atomic E-state index is 0.197. The van der Waals surface area contributed by atoms with Crippen molar-refractivity contribution in [3.63, 3.8) is 0 Å². The molecule has 0 unspecified atom stereocenters. The van der Waals surface area contributed by atoms with Crippen LogP contribution in [0.4, 0.5) is 0 Å². The van der Waals surface area contributed by atoms with Gasteiger partial charge in [-0.15, -0.1) is 0 Å². The molecule has 0 spiro atoms. The predicted octanol–water partition coefficient (Wildman–Crippen LogP) is 2.18. The average Bonchev–Trinajstić information content (AvgIpc) is 2.45. The van der Waals surface area contributed by atoms with E-state index in [0.717, 1.165) is 25.9 Å². The summed E-state index contributed by atoms with van der Waals surface area (Å²) in [6.07, 6.45) is 7.05. The van der Waals surface area contributed by atoms with E-state index in [1.807, 2.05) is 10.7 Å². The average molecular weight is 208 g/mol. The minimum Gasteiger partial charge on any atom is -0.287 e. The van der Waals surface area contributed by atoms with Gasteiger partial charge in [-0.2, -0.15) is 0 Å². The molecule has 1 aromatic rings. The highest BCUT2D eigenvalue weighted by molar-refractivity contribution is 5.03. The predicted molar refractivity (Wildman–Crippen MR) is 61.2 cm³/mol. The van der Waals surface area contributed by atoms with Gasteiger partial charge < -0.3 is 0 Å². The fourth-order valence-electron chi connectivity index (χ4n) is 2.32. The van der Waals surface area contributed by atoms with Crippen LogP contribution in [0.25, 0.3) is 0 Å². The molecule has 15 heavy (non-hydrogen) atoms. The lowest BCUT2D eigenvalue weighted by atomic mass is 10.2. The highest BCUT2D eigenvalue weighted by Crippen LogP contribution is 2.11. The van der Waals surface area contributed by atoms with E-state index < -0.39 is 0 Å². The lowest BCUT2D eigenvalue weighted by molar-refractivity contribution is 0.459. The first-order chi connectivity index (χ1) is 7.33. The molecule has 3 nitrogen and oxygen atoms in total. The number of hydrogen-bond acceptors (Lipinski definition) is 1. The zero-order chi connectivity index (χ0) is 10.7. The van der Waals surface area contributed by atoms with Crippen LogP contribution in [-0.4, -0.2) is 9.36 Å². The fraction of sp³-hybridized carbons (Fsp3) is 0.750. The third-order valence-corrected chi connectivity index (χ3v) is 3.19. The molecule has 84 valence electrons. The summed E-state index contributed by atoms with van der Waals surface area (Å²) in [6, 6.07) is 1.83. The molecule has 0 saturated heterocycles. The number of unbranched alkanes of at least 4 members (excludes halogenated alkanes) is 1. The van der Waals surface area contributed by atoms with Crippen molar-refractivity contribution < 1.29 is 0 Å². The van der Waals surface area contributed by atoms with Gasteiger partial charge in [-0.25, -0.2) is 0 Å². The van der Waals surface area contributed by atoms with Crippen LogP contribution in [0.2, 0.25) is 0 Å². The molecular formula is C12H20N2O. The summed E-state index contributed by atoms with van der Waals surface area (Å²) in [4.78, 5) is 11.7. The molecule has 0 aromatic carbocycles. The van der Waals surface area contributed by atoms with Gasteiger partial charge >= 0.3 is 0 Å². The van der Waals surface area contributed by atoms with E-state index in [2.05, 4.69) is 11.6 Å². The zero-order valence-electron chi connectivity index (χ0n) is 9.54. The molecule has 0 amide bonds. The number of aromatic nitrogens is 2. The standard InChI is InChI=1S/C12H20N2O/c1-2-3-7-11-10-12(15)14-9-6-4-5-8-13(11)14/h10H,2-9H2,1H3. The molecule has 1 aliphatic heterocycles. The van der Waals surface area contributed by atoms with E-state index in [1.165, 1.54) is 31.4 Å². The van der Waals surface area contributed by atoms with Gasteiger partial charge in [0, 0.05) is 24.8 Å². The monoisotopic (exact) mass is 208 g/mol. The van der Waals surface area contributed by atoms with Gasteiger partial charge in [0.05, 0.1) is 0 Å². The first-order valence-electron chi connectivity index (χ1n) is 6.12. The van der Waals surface area contributed by atoms with Crippen LogP contribution in [-0.2, 0) is 19.5 Å². The van der Waals surface area contributed by atoms with Gasteiger partial charge in [0.15, 0.2) is 0 Å². The summed E-state index contributed by atoms with van der Waals surface area (Å²) < 4.78 is 4.14. The van der Waals surface area contributed by atoms with Gasteiger partial charge in [-0.3, -0.25) is 14.2 Å². The van der Waals surface area contributed by atoms with Gasteiger partial charge in [0.25, 0.3) is 5.56 Å². The Morgan fingerprint density at radius 2 is 1.93 bits per heavy atom. The lowest BCUT2D eigenvalue weighted by Gasteiger charge is -2.10. The maximum atomic E-state index is 11.7. The van der Waals surface area contributed by atoms with Crippen molar-refractivity contribution in [1.29, 1.82) is 0 Å². The molecule has 1 aromatic heterocycles. The Balaban J connectivity index is 2.27. The summed E-state index contributed by atoms with van der Waals surface area (Å²) in [7, 11) is 0. The molecule has 0 saturated carbocycles. The summed E-state index contributed by atoms with van der Waals surface area (Å²) in [6.45, 7) is 4.13. The molecule has 0 N–H and O–H groups in total. The summed E-state index contributed by atoms with van der Waals surface area (Å²) >= 11 is 0. The van der Waals surface area contributed by atoms with E-state index in [-0.39, 0.29) is 5.56 Å². The summed E-state index contributed by atoms with van der Waals surface area (Å²) in [5.41, 5.74) is 1.44. The van der Waals surface area contributed by atoms with E-state index in [0.29, 0.717) is 0 Å². The van der Waals surface area contributed by atoms with Crippen molar-refractivity contribution in [3.05, 3.63) is 22.1 Å². The van der Waals surface area contributed by atoms with E-state index in [9.17, 15) is 4.79 Å². The van der Waals surface area contributed by atoms with E-state index in [4.69, 9.17) is 0 Å². The van der Waals surface area contributed by atoms with Crippen molar-refractivity contribution in [3.8, 4) is 0 Å². The van der Waals surface area contributed by atoms with Crippen LogP contribution in [0.1, 0.15) is 44.7 Å². The molecule has 0 fully saturated rings. The quantitative estimate of drug-likeness (QED) is 0.748. The maximum absolute atomic E-state index is 11.7. The second-order valence-corrected chi connectivity index (χ2v) is 4.38. The Hall–Kier alpha value is -0.990. The van der Waals surface area contributed by atoms with Crippen LogP contribution in [0.5, 0.6) is 0 Å². The van der Waals surface area contributed by atoms with E-state index in [1.54, 1.807) is 0 Å². The molecule has 0 bridgehead atoms. The Morgan fingerprint density at radius 3 is 2.67 bits per heavy atom. The van der Waals surface area contributed by atoms with Crippen molar-refractivity contribution in [2.75, 3.05) is 0 Å². The van der Waals surface area contributed by atoms with Crippen LogP contribution >= 0.6 is 0 Å². The third-order valence-electron chi connectivity index (χ3n) is 3.19. The number of nitrogens with zero attached hydrogens (tertiary/aromatic N) is 2. The molecular weight excluding hydrogens is 188 g/mol. The topological polar surface area (TPSA) is 26.9 Å². The van der Waals surface area contributed by atoms with Gasteiger partial charge in [-0.05, 0) is 32.1 Å². The Labute approximate surface area is 90.7 Å². The molecule has 3 heteroatoms. The summed E-state index contributed by atoms with van der Waals surface area (Å²) in [5, 5.41) is 0. The fourth-order valence-corrected chi connectivity index (χ4v) is 2.32. The van der Waals surface area contributed by atoms with Crippen molar-refractivity contribution in [1.82, 2.24) is 9.36 Å². The normalized spacial score (nSPS) is 16.1. The van der Waals surface area contributed by atoms with Gasteiger partial charge in [0.1, 0.15) is 0 Å². The zero-order valence-corrected chi connectivity index (χ0v) is 9.54. The highest BCUT2D eigenvalue weighted by Gasteiger charge is 2.12. The van der Waals surface area contributed by atoms with Gasteiger partial charge in [-0.1, -0.05) is 13.3 Å². The first-order valence-corrected chi connectivity index (χ1v) is 6.12. The molecule has 0 atom stereocenters. The lowest BCUT2D eigenvalue weighted by Crippen LogP contribution is -2.21. The second kappa shape index (κ2) is 4.69. The van der Waals surface area contributed by atoms with E-state index >= 15 is 0 Å². The van der Waals surface area contributed by atoms with Crippen LogP contribution < -0.4 is 5.56 Å². The molecule has 0 aliphatic carbocycles. The number of rotatable bonds is 3. The van der Waals surface area contributed by atoms with Crippen molar-refractivity contribution in [2.24, 2.45) is 0 Å². The number of aryl methyl sites for hydroxylation is 1. The van der Waals surface area contributed by atoms with Crippen molar-refractivity contribution >= 4 is 0 Å². The maximum Gasteiger partial charge on any atom is 0.266 e. The molecule has 1 aliphatic rings. The molecule has 2 rings (SSSR count). The highest BCUT2D eigenvalue weighted by atomic mass is 16.1. The molecule has 2 heterocycles.